The van der Waals surface area contributed by atoms with E-state index in [9.17, 15) is 0 Å². The van der Waals surface area contributed by atoms with Crippen LogP contribution in [-0.2, 0) is 5.41 Å². The molecule has 0 aliphatic rings. The van der Waals surface area contributed by atoms with Crippen LogP contribution in [0.15, 0.2) is 42.5 Å². The minimum Gasteiger partial charge on any atom is -0.497 e. The maximum Gasteiger partial charge on any atom is 0.119 e. The molecule has 0 saturated heterocycles. The normalized spacial score (nSPS) is 13.0. The van der Waals surface area contributed by atoms with Gasteiger partial charge in [0.2, 0.25) is 0 Å². The Kier molecular flexibility index (Phi) is 4.38. The van der Waals surface area contributed by atoms with E-state index in [1.165, 1.54) is 11.1 Å². The highest BCUT2D eigenvalue weighted by molar-refractivity contribution is 5.44. The lowest BCUT2D eigenvalue weighted by Gasteiger charge is -2.26. The molecule has 0 aliphatic heterocycles. The number of rotatable bonds is 3. The third-order valence-corrected chi connectivity index (χ3v) is 3.92. The number of aryl methyl sites for hydroxylation is 1. The molecule has 2 aromatic rings. The van der Waals surface area contributed by atoms with Crippen LogP contribution in [0.3, 0.4) is 0 Å². The molecule has 0 aromatic heterocycles. The third kappa shape index (κ3) is 3.27. The second-order valence-electron chi connectivity index (χ2n) is 6.54. The van der Waals surface area contributed by atoms with Gasteiger partial charge in [0, 0.05) is 0 Å². The molecule has 0 bridgehead atoms. The molecular formula is C19H25NO. The molecule has 0 spiro atoms. The van der Waals surface area contributed by atoms with E-state index in [2.05, 4.69) is 58.0 Å². The summed E-state index contributed by atoms with van der Waals surface area (Å²) in [6, 6.07) is 14.4. The van der Waals surface area contributed by atoms with Crippen molar-refractivity contribution in [3.63, 3.8) is 0 Å². The van der Waals surface area contributed by atoms with Gasteiger partial charge in [0.15, 0.2) is 0 Å². The highest BCUT2D eigenvalue weighted by atomic mass is 16.5. The van der Waals surface area contributed by atoms with Gasteiger partial charge in [-0.2, -0.15) is 0 Å². The summed E-state index contributed by atoms with van der Waals surface area (Å²) >= 11 is 0. The topological polar surface area (TPSA) is 35.2 Å². The van der Waals surface area contributed by atoms with Gasteiger partial charge in [0.05, 0.1) is 13.2 Å². The fraction of sp³-hybridized carbons (Fsp3) is 0.368. The van der Waals surface area contributed by atoms with Crippen LogP contribution in [0.5, 0.6) is 5.75 Å². The summed E-state index contributed by atoms with van der Waals surface area (Å²) in [5.74, 6) is 0.868. The van der Waals surface area contributed by atoms with Crippen LogP contribution in [-0.4, -0.2) is 7.11 Å². The molecule has 2 heteroatoms. The largest absolute Gasteiger partial charge is 0.497 e. The molecular weight excluding hydrogens is 258 g/mol. The SMILES string of the molecule is COc1ccc(C(N)c2ccccc2C(C)(C)C)c(C)c1. The van der Waals surface area contributed by atoms with Gasteiger partial charge in [-0.15, -0.1) is 0 Å². The molecule has 2 N–H and O–H groups in total. The zero-order valence-electron chi connectivity index (χ0n) is 13.6. The summed E-state index contributed by atoms with van der Waals surface area (Å²) in [4.78, 5) is 0. The van der Waals surface area contributed by atoms with Gasteiger partial charge in [-0.3, -0.25) is 0 Å². The Morgan fingerprint density at radius 3 is 2.24 bits per heavy atom. The van der Waals surface area contributed by atoms with E-state index < -0.39 is 0 Å². The van der Waals surface area contributed by atoms with Crippen LogP contribution in [0.25, 0.3) is 0 Å². The Morgan fingerprint density at radius 1 is 1.00 bits per heavy atom. The van der Waals surface area contributed by atoms with Gasteiger partial charge in [-0.1, -0.05) is 51.1 Å². The zero-order chi connectivity index (χ0) is 15.6. The van der Waals surface area contributed by atoms with E-state index in [1.807, 2.05) is 12.1 Å². The van der Waals surface area contributed by atoms with Crippen LogP contribution >= 0.6 is 0 Å². The van der Waals surface area contributed by atoms with E-state index in [4.69, 9.17) is 10.5 Å². The second-order valence-corrected chi connectivity index (χ2v) is 6.54. The maximum atomic E-state index is 6.57. The molecule has 112 valence electrons. The summed E-state index contributed by atoms with van der Waals surface area (Å²) in [6.07, 6.45) is 0. The van der Waals surface area contributed by atoms with Gasteiger partial charge < -0.3 is 10.5 Å². The van der Waals surface area contributed by atoms with Crippen molar-refractivity contribution < 1.29 is 4.74 Å². The van der Waals surface area contributed by atoms with Crippen LogP contribution in [0, 0.1) is 6.92 Å². The lowest BCUT2D eigenvalue weighted by atomic mass is 9.80. The average Bonchev–Trinajstić information content (AvgIpc) is 2.45. The number of hydrogen-bond acceptors (Lipinski definition) is 2. The van der Waals surface area contributed by atoms with Gasteiger partial charge in [-0.25, -0.2) is 0 Å². The molecule has 0 fully saturated rings. The summed E-state index contributed by atoms with van der Waals surface area (Å²) in [5, 5.41) is 0. The Bertz CT molecular complexity index is 626. The molecule has 2 rings (SSSR count). The fourth-order valence-electron chi connectivity index (χ4n) is 2.74. The highest BCUT2D eigenvalue weighted by Gasteiger charge is 2.22. The number of ether oxygens (including phenoxy) is 1. The molecule has 0 amide bonds. The van der Waals surface area contributed by atoms with Crippen LogP contribution in [0.1, 0.15) is 49.1 Å². The molecule has 2 nitrogen and oxygen atoms in total. The zero-order valence-corrected chi connectivity index (χ0v) is 13.6. The molecule has 0 aliphatic carbocycles. The summed E-state index contributed by atoms with van der Waals surface area (Å²) in [5.41, 5.74) is 11.4. The molecule has 0 heterocycles. The van der Waals surface area contributed by atoms with Crippen molar-refractivity contribution in [2.75, 3.05) is 7.11 Å². The highest BCUT2D eigenvalue weighted by Crippen LogP contribution is 2.33. The van der Waals surface area contributed by atoms with Gasteiger partial charge >= 0.3 is 0 Å². The molecule has 21 heavy (non-hydrogen) atoms. The lowest BCUT2D eigenvalue weighted by Crippen LogP contribution is -2.21. The van der Waals surface area contributed by atoms with Gasteiger partial charge in [-0.05, 0) is 46.7 Å². The molecule has 1 atom stereocenters. The van der Waals surface area contributed by atoms with E-state index in [0.29, 0.717) is 0 Å². The third-order valence-electron chi connectivity index (χ3n) is 3.92. The van der Waals surface area contributed by atoms with E-state index in [0.717, 1.165) is 16.9 Å². The quantitative estimate of drug-likeness (QED) is 0.909. The van der Waals surface area contributed by atoms with Crippen LogP contribution in [0.4, 0.5) is 0 Å². The van der Waals surface area contributed by atoms with E-state index in [-0.39, 0.29) is 11.5 Å². The second kappa shape index (κ2) is 5.90. The smallest absolute Gasteiger partial charge is 0.119 e. The van der Waals surface area contributed by atoms with Crippen LogP contribution in [0.2, 0.25) is 0 Å². The summed E-state index contributed by atoms with van der Waals surface area (Å²) in [7, 11) is 1.68. The Morgan fingerprint density at radius 2 is 1.67 bits per heavy atom. The van der Waals surface area contributed by atoms with E-state index >= 15 is 0 Å². The summed E-state index contributed by atoms with van der Waals surface area (Å²) < 4.78 is 5.27. The fourth-order valence-corrected chi connectivity index (χ4v) is 2.74. The molecule has 2 aromatic carbocycles. The first-order chi connectivity index (χ1) is 9.84. The lowest BCUT2D eigenvalue weighted by molar-refractivity contribution is 0.414. The number of methoxy groups -OCH3 is 1. The van der Waals surface area contributed by atoms with Crippen molar-refractivity contribution in [3.8, 4) is 5.75 Å². The van der Waals surface area contributed by atoms with Crippen molar-refractivity contribution >= 4 is 0 Å². The number of hydrogen-bond donors (Lipinski definition) is 1. The standard InChI is InChI=1S/C19H25NO/c1-13-12-14(21-5)10-11-15(13)18(20)16-8-6-7-9-17(16)19(2,3)4/h6-12,18H,20H2,1-5H3. The van der Waals surface area contributed by atoms with Gasteiger partial charge in [0.1, 0.15) is 5.75 Å². The van der Waals surface area contributed by atoms with Crippen molar-refractivity contribution in [1.82, 2.24) is 0 Å². The van der Waals surface area contributed by atoms with Crippen LogP contribution < -0.4 is 10.5 Å². The monoisotopic (exact) mass is 283 g/mol. The first kappa shape index (κ1) is 15.6. The molecule has 0 radical (unpaired) electrons. The van der Waals surface area contributed by atoms with Crippen molar-refractivity contribution in [1.29, 1.82) is 0 Å². The maximum absolute atomic E-state index is 6.57. The first-order valence-corrected chi connectivity index (χ1v) is 7.34. The molecule has 0 saturated carbocycles. The summed E-state index contributed by atoms with van der Waals surface area (Å²) in [6.45, 7) is 8.75. The molecule has 1 unspecified atom stereocenters. The minimum absolute atomic E-state index is 0.0780. The average molecular weight is 283 g/mol. The van der Waals surface area contributed by atoms with Crippen molar-refractivity contribution in [2.45, 2.75) is 39.2 Å². The first-order valence-electron chi connectivity index (χ1n) is 7.34. The van der Waals surface area contributed by atoms with Crippen molar-refractivity contribution in [2.24, 2.45) is 5.73 Å². The predicted molar refractivity (Wildman–Crippen MR) is 88.9 cm³/mol. The Hall–Kier alpha value is -1.80. The Labute approximate surface area is 127 Å². The van der Waals surface area contributed by atoms with Crippen molar-refractivity contribution in [3.05, 3.63) is 64.7 Å². The Balaban J connectivity index is 2.48. The predicted octanol–water partition coefficient (Wildman–Crippen LogP) is 4.35. The number of nitrogens with two attached hydrogens (primary N) is 1. The van der Waals surface area contributed by atoms with Gasteiger partial charge in [0.25, 0.3) is 0 Å². The minimum atomic E-state index is -0.119. The number of benzene rings is 2. The van der Waals surface area contributed by atoms with E-state index in [1.54, 1.807) is 7.11 Å².